The number of aryl methyl sites for hydroxylation is 1. The first-order valence-electron chi connectivity index (χ1n) is 9.82. The highest BCUT2D eigenvalue weighted by Gasteiger charge is 2.45. The summed E-state index contributed by atoms with van der Waals surface area (Å²) < 4.78 is 0. The Kier molecular flexibility index (Phi) is 9.00. The largest absolute Gasteiger partial charge is 1.00 e. The fraction of sp³-hybridized carbons (Fsp3) is 0.115. The molecule has 0 radical (unpaired) electrons. The summed E-state index contributed by atoms with van der Waals surface area (Å²) in [6.07, 6.45) is 2.76. The van der Waals surface area contributed by atoms with E-state index in [9.17, 15) is 5.11 Å². The van der Waals surface area contributed by atoms with Crippen LogP contribution in [0, 0.1) is 13.8 Å². The van der Waals surface area contributed by atoms with E-state index in [1.807, 2.05) is 20.0 Å². The van der Waals surface area contributed by atoms with Crippen LogP contribution in [0.5, 0.6) is 5.75 Å². The van der Waals surface area contributed by atoms with Crippen LogP contribution in [0.4, 0.5) is 0 Å². The summed E-state index contributed by atoms with van der Waals surface area (Å²) in [6, 6.07) is 32.4. The molecule has 0 aliphatic heterocycles. The molecule has 0 aliphatic carbocycles. The normalized spacial score (nSPS) is 10.6. The molecule has 0 aliphatic rings. The van der Waals surface area contributed by atoms with Crippen molar-refractivity contribution >= 4 is 40.2 Å². The standard InChI is InChI=1S/C26H24NOP.2BrH/c1-20-22(18-27-21(2)26(20)28)19-29(23-12-6-3-7-13-23,24-14-8-4-9-15-24)25-16-10-5-11-17-25;;/h3-18H,19H2,1-2H3;2*1H. The van der Waals surface area contributed by atoms with E-state index in [1.165, 1.54) is 15.9 Å². The van der Waals surface area contributed by atoms with Crippen LogP contribution in [0.15, 0.2) is 97.2 Å². The zero-order valence-electron chi connectivity index (χ0n) is 17.6. The summed E-state index contributed by atoms with van der Waals surface area (Å²) in [4.78, 5) is 4.47. The molecule has 0 unspecified atom stereocenters. The van der Waals surface area contributed by atoms with Crippen LogP contribution in [0.1, 0.15) is 16.8 Å². The molecule has 0 bridgehead atoms. The summed E-state index contributed by atoms with van der Waals surface area (Å²) in [6.45, 7) is 3.84. The van der Waals surface area contributed by atoms with Gasteiger partial charge in [0.05, 0.1) is 5.69 Å². The second-order valence-corrected chi connectivity index (χ2v) is 10.8. The molecule has 0 amide bonds. The molecule has 1 aromatic heterocycles. The predicted molar refractivity (Wildman–Crippen MR) is 135 cm³/mol. The average molecular weight is 559 g/mol. The molecule has 0 spiro atoms. The number of hydrogen-bond acceptors (Lipinski definition) is 2. The van der Waals surface area contributed by atoms with E-state index in [2.05, 4.69) is 96.0 Å². The smallest absolute Gasteiger partial charge is 0.140 e. The highest BCUT2D eigenvalue weighted by atomic mass is 79.9. The summed E-state index contributed by atoms with van der Waals surface area (Å²) in [7, 11) is -1.99. The molecule has 3 aromatic carbocycles. The topological polar surface area (TPSA) is 33.1 Å². The van der Waals surface area contributed by atoms with Gasteiger partial charge in [0.1, 0.15) is 35.1 Å². The van der Waals surface area contributed by atoms with Crippen molar-refractivity contribution in [3.63, 3.8) is 0 Å². The quantitative estimate of drug-likeness (QED) is 0.382. The Labute approximate surface area is 206 Å². The third-order valence-corrected chi connectivity index (χ3v) is 9.95. The highest BCUT2D eigenvalue weighted by Crippen LogP contribution is 2.58. The zero-order valence-corrected chi connectivity index (χ0v) is 21.8. The van der Waals surface area contributed by atoms with Crippen molar-refractivity contribution in [1.82, 2.24) is 4.98 Å². The van der Waals surface area contributed by atoms with E-state index >= 15 is 0 Å². The highest BCUT2D eigenvalue weighted by molar-refractivity contribution is 8.93. The number of nitrogens with zero attached hydrogens (tertiary/aromatic N) is 1. The Morgan fingerprint density at radius 1 is 0.710 bits per heavy atom. The second-order valence-electron chi connectivity index (χ2n) is 7.32. The molecule has 4 rings (SSSR count). The third kappa shape index (κ3) is 4.92. The number of aromatic nitrogens is 1. The first kappa shape index (κ1) is 25.3. The molecule has 0 saturated carbocycles. The molecule has 1 N–H and O–H groups in total. The van der Waals surface area contributed by atoms with Crippen LogP contribution < -0.4 is 32.9 Å². The lowest BCUT2D eigenvalue weighted by Crippen LogP contribution is -3.00. The van der Waals surface area contributed by atoms with Gasteiger partial charge in [0, 0.05) is 17.3 Å². The minimum Gasteiger partial charge on any atom is -1.00 e. The molecule has 0 atom stereocenters. The second kappa shape index (κ2) is 11.0. The van der Waals surface area contributed by atoms with E-state index in [1.54, 1.807) is 0 Å². The van der Waals surface area contributed by atoms with Gasteiger partial charge in [-0.1, -0.05) is 54.6 Å². The van der Waals surface area contributed by atoms with Crippen LogP contribution in [-0.4, -0.2) is 10.1 Å². The fourth-order valence-electron chi connectivity index (χ4n) is 3.94. The first-order valence-corrected chi connectivity index (χ1v) is 11.8. The maximum atomic E-state index is 10.5. The van der Waals surface area contributed by atoms with Gasteiger partial charge in [0.25, 0.3) is 0 Å². The molecule has 2 nitrogen and oxygen atoms in total. The van der Waals surface area contributed by atoms with E-state index in [4.69, 9.17) is 0 Å². The van der Waals surface area contributed by atoms with Gasteiger partial charge in [-0.05, 0) is 50.2 Å². The Morgan fingerprint density at radius 3 is 1.48 bits per heavy atom. The summed E-state index contributed by atoms with van der Waals surface area (Å²) in [5.74, 6) is 0.301. The van der Waals surface area contributed by atoms with Crippen molar-refractivity contribution in [2.75, 3.05) is 0 Å². The maximum Gasteiger partial charge on any atom is 0.140 e. The van der Waals surface area contributed by atoms with Gasteiger partial charge in [-0.2, -0.15) is 0 Å². The van der Waals surface area contributed by atoms with E-state index in [0.717, 1.165) is 17.3 Å². The van der Waals surface area contributed by atoms with Gasteiger partial charge in [0.15, 0.2) is 0 Å². The van der Waals surface area contributed by atoms with Gasteiger partial charge in [-0.15, -0.1) is 17.0 Å². The van der Waals surface area contributed by atoms with Crippen LogP contribution >= 0.6 is 24.2 Å². The van der Waals surface area contributed by atoms with Gasteiger partial charge in [0.2, 0.25) is 0 Å². The number of pyridine rings is 1. The Bertz CT molecular complexity index is 1010. The predicted octanol–water partition coefficient (Wildman–Crippen LogP) is 2.48. The van der Waals surface area contributed by atoms with Crippen LogP contribution in [0.2, 0.25) is 0 Å². The van der Waals surface area contributed by atoms with Crippen molar-refractivity contribution in [2.24, 2.45) is 0 Å². The number of halogens is 2. The van der Waals surface area contributed by atoms with Crippen molar-refractivity contribution < 1.29 is 22.1 Å². The summed E-state index contributed by atoms with van der Waals surface area (Å²) >= 11 is 0. The molecule has 4 aromatic rings. The Morgan fingerprint density at radius 2 is 1.10 bits per heavy atom. The van der Waals surface area contributed by atoms with Crippen molar-refractivity contribution in [1.29, 1.82) is 0 Å². The number of rotatable bonds is 5. The minimum absolute atomic E-state index is 0. The van der Waals surface area contributed by atoms with Crippen molar-refractivity contribution in [3.8, 4) is 5.75 Å². The molecular formula is C26H26Br2NOP. The molecule has 1 heterocycles. The van der Waals surface area contributed by atoms with E-state index in [-0.39, 0.29) is 34.0 Å². The zero-order chi connectivity index (χ0) is 20.3. The fourth-order valence-corrected chi connectivity index (χ4v) is 8.25. The molecule has 0 saturated heterocycles. The summed E-state index contributed by atoms with van der Waals surface area (Å²) in [5.41, 5.74) is 2.69. The lowest BCUT2D eigenvalue weighted by molar-refractivity contribution is -0.00000688. The third-order valence-electron chi connectivity index (χ3n) is 5.59. The van der Waals surface area contributed by atoms with Gasteiger partial charge in [-0.25, -0.2) is 0 Å². The lowest BCUT2D eigenvalue weighted by atomic mass is 10.1. The molecule has 0 fully saturated rings. The molecular weight excluding hydrogens is 533 g/mol. The Balaban J connectivity index is 0.00000171. The average Bonchev–Trinajstić information content (AvgIpc) is 2.79. The maximum absolute atomic E-state index is 10.5. The number of aromatic hydroxyl groups is 1. The van der Waals surface area contributed by atoms with Gasteiger partial charge < -0.3 is 22.1 Å². The van der Waals surface area contributed by atoms with E-state index < -0.39 is 7.26 Å². The lowest BCUT2D eigenvalue weighted by Gasteiger charge is -2.28. The van der Waals surface area contributed by atoms with Crippen LogP contribution in [0.25, 0.3) is 0 Å². The van der Waals surface area contributed by atoms with E-state index in [0.29, 0.717) is 11.4 Å². The number of benzene rings is 3. The summed E-state index contributed by atoms with van der Waals surface area (Å²) in [5, 5.41) is 14.5. The van der Waals surface area contributed by atoms with Crippen molar-refractivity contribution in [3.05, 3.63) is 114 Å². The monoisotopic (exact) mass is 557 g/mol. The molecule has 31 heavy (non-hydrogen) atoms. The Hall–Kier alpha value is -2.00. The van der Waals surface area contributed by atoms with Crippen molar-refractivity contribution in [2.45, 2.75) is 20.0 Å². The van der Waals surface area contributed by atoms with Crippen LogP contribution in [-0.2, 0) is 6.16 Å². The van der Waals surface area contributed by atoms with Crippen LogP contribution in [0.3, 0.4) is 0 Å². The minimum atomic E-state index is -1.99. The van der Waals surface area contributed by atoms with Gasteiger partial charge in [-0.3, -0.25) is 4.98 Å². The molecule has 160 valence electrons. The number of hydrogen-bond donors (Lipinski definition) is 1. The SMILES string of the molecule is Br.Cc1ncc(C[P+](c2ccccc2)(c2ccccc2)c2ccccc2)c(C)c1O.[Br-]. The first-order chi connectivity index (χ1) is 14.1. The van der Waals surface area contributed by atoms with Gasteiger partial charge >= 0.3 is 0 Å². The molecule has 5 heteroatoms.